The van der Waals surface area contributed by atoms with Crippen molar-refractivity contribution in [1.29, 1.82) is 0 Å². The largest absolute Gasteiger partial charge is 0.381 e. The smallest absolute Gasteiger partial charge is 0.135 e. The molecule has 4 nitrogen and oxygen atoms in total. The monoisotopic (exact) mass is 183 g/mol. The molecular formula is C9H17N3O. The molecule has 0 aliphatic carbocycles. The molecule has 1 heterocycles. The molecule has 0 saturated carbocycles. The van der Waals surface area contributed by atoms with Gasteiger partial charge in [0.1, 0.15) is 12.2 Å². The van der Waals surface area contributed by atoms with Crippen LogP contribution in [0.2, 0.25) is 0 Å². The fraction of sp³-hybridized carbons (Fsp3) is 0.778. The van der Waals surface area contributed by atoms with Crippen LogP contribution in [-0.2, 0) is 11.2 Å². The Hall–Kier alpha value is -0.900. The fourth-order valence-electron chi connectivity index (χ4n) is 1.18. The molecule has 74 valence electrons. The number of ether oxygens (including phenoxy) is 1. The highest BCUT2D eigenvalue weighted by molar-refractivity contribution is 4.87. The molecule has 1 rings (SSSR count). The summed E-state index contributed by atoms with van der Waals surface area (Å²) < 4.78 is 7.33. The van der Waals surface area contributed by atoms with Gasteiger partial charge in [-0.25, -0.2) is 0 Å². The number of nitrogens with zero attached hydrogens (tertiary/aromatic N) is 3. The zero-order valence-electron chi connectivity index (χ0n) is 8.53. The number of hydrogen-bond acceptors (Lipinski definition) is 3. The topological polar surface area (TPSA) is 39.9 Å². The molecule has 0 aliphatic rings. The summed E-state index contributed by atoms with van der Waals surface area (Å²) in [7, 11) is 0. The highest BCUT2D eigenvalue weighted by atomic mass is 16.5. The lowest BCUT2D eigenvalue weighted by atomic mass is 10.3. The first-order valence-corrected chi connectivity index (χ1v) is 4.71. The van der Waals surface area contributed by atoms with Gasteiger partial charge in [-0.05, 0) is 20.8 Å². The van der Waals surface area contributed by atoms with Crippen molar-refractivity contribution in [2.45, 2.75) is 33.2 Å². The number of rotatable bonds is 5. The normalized spacial score (nSPS) is 11.1. The molecule has 0 radical (unpaired) electrons. The van der Waals surface area contributed by atoms with E-state index in [1.54, 1.807) is 6.33 Å². The van der Waals surface area contributed by atoms with Gasteiger partial charge in [-0.3, -0.25) is 0 Å². The van der Waals surface area contributed by atoms with Crippen molar-refractivity contribution in [3.8, 4) is 0 Å². The fourth-order valence-corrected chi connectivity index (χ4v) is 1.18. The Balaban J connectivity index is 2.50. The molecule has 0 aliphatic heterocycles. The maximum absolute atomic E-state index is 5.26. The molecular weight excluding hydrogens is 166 g/mol. The predicted molar refractivity (Wildman–Crippen MR) is 50.6 cm³/mol. The number of hydrogen-bond donors (Lipinski definition) is 0. The summed E-state index contributed by atoms with van der Waals surface area (Å²) in [5.41, 5.74) is 0. The third-order valence-electron chi connectivity index (χ3n) is 1.88. The highest BCUT2D eigenvalue weighted by Crippen LogP contribution is 2.06. The van der Waals surface area contributed by atoms with Gasteiger partial charge in [-0.1, -0.05) is 0 Å². The van der Waals surface area contributed by atoms with Crippen molar-refractivity contribution in [1.82, 2.24) is 14.8 Å². The Labute approximate surface area is 78.9 Å². The van der Waals surface area contributed by atoms with Crippen LogP contribution in [0.4, 0.5) is 0 Å². The van der Waals surface area contributed by atoms with Crippen LogP contribution in [0.5, 0.6) is 0 Å². The lowest BCUT2D eigenvalue weighted by molar-refractivity contribution is 0.148. The molecule has 0 atom stereocenters. The second kappa shape index (κ2) is 4.97. The first-order valence-electron chi connectivity index (χ1n) is 4.71. The van der Waals surface area contributed by atoms with E-state index >= 15 is 0 Å². The van der Waals surface area contributed by atoms with Crippen molar-refractivity contribution in [2.24, 2.45) is 0 Å². The van der Waals surface area contributed by atoms with Gasteiger partial charge < -0.3 is 9.30 Å². The minimum absolute atomic E-state index is 0.423. The Morgan fingerprint density at radius 1 is 1.54 bits per heavy atom. The van der Waals surface area contributed by atoms with Crippen LogP contribution in [0.15, 0.2) is 6.33 Å². The predicted octanol–water partition coefficient (Wildman–Crippen LogP) is 1.44. The van der Waals surface area contributed by atoms with E-state index in [2.05, 4.69) is 28.6 Å². The van der Waals surface area contributed by atoms with Crippen LogP contribution >= 0.6 is 0 Å². The molecule has 0 amide bonds. The molecule has 1 aromatic heterocycles. The molecule has 0 N–H and O–H groups in total. The van der Waals surface area contributed by atoms with Crippen LogP contribution in [-0.4, -0.2) is 28.0 Å². The SMILES string of the molecule is CCOCCc1nncn1C(C)C. The molecule has 1 aromatic rings. The van der Waals surface area contributed by atoms with Gasteiger partial charge >= 0.3 is 0 Å². The van der Waals surface area contributed by atoms with Crippen molar-refractivity contribution in [2.75, 3.05) is 13.2 Å². The number of aromatic nitrogens is 3. The molecule has 4 heteroatoms. The second-order valence-corrected chi connectivity index (χ2v) is 3.20. The lowest BCUT2D eigenvalue weighted by Crippen LogP contribution is -2.08. The van der Waals surface area contributed by atoms with E-state index in [9.17, 15) is 0 Å². The molecule has 0 saturated heterocycles. The van der Waals surface area contributed by atoms with Crippen molar-refractivity contribution < 1.29 is 4.74 Å². The quantitative estimate of drug-likeness (QED) is 0.648. The summed E-state index contributed by atoms with van der Waals surface area (Å²) >= 11 is 0. The van der Waals surface area contributed by atoms with E-state index in [0.717, 1.165) is 25.5 Å². The van der Waals surface area contributed by atoms with Gasteiger partial charge in [0.15, 0.2) is 0 Å². The van der Waals surface area contributed by atoms with Crippen LogP contribution in [0.25, 0.3) is 0 Å². The van der Waals surface area contributed by atoms with Crippen molar-refractivity contribution in [3.05, 3.63) is 12.2 Å². The average molecular weight is 183 g/mol. The van der Waals surface area contributed by atoms with E-state index in [1.807, 2.05) is 6.92 Å². The molecule has 0 aromatic carbocycles. The molecule has 0 bridgehead atoms. The summed E-state index contributed by atoms with van der Waals surface area (Å²) in [5.74, 6) is 1.00. The summed E-state index contributed by atoms with van der Waals surface area (Å²) in [6.45, 7) is 7.71. The summed E-state index contributed by atoms with van der Waals surface area (Å²) in [6, 6.07) is 0.423. The van der Waals surface area contributed by atoms with Crippen LogP contribution in [0, 0.1) is 0 Å². The van der Waals surface area contributed by atoms with E-state index in [0.29, 0.717) is 6.04 Å². The minimum Gasteiger partial charge on any atom is -0.381 e. The van der Waals surface area contributed by atoms with E-state index in [1.165, 1.54) is 0 Å². The zero-order valence-corrected chi connectivity index (χ0v) is 8.53. The van der Waals surface area contributed by atoms with Gasteiger partial charge in [0.05, 0.1) is 6.61 Å². The van der Waals surface area contributed by atoms with Gasteiger partial charge in [0.25, 0.3) is 0 Å². The van der Waals surface area contributed by atoms with Crippen LogP contribution < -0.4 is 0 Å². The maximum Gasteiger partial charge on any atom is 0.135 e. The Kier molecular flexibility index (Phi) is 3.89. The highest BCUT2D eigenvalue weighted by Gasteiger charge is 2.05. The third-order valence-corrected chi connectivity index (χ3v) is 1.88. The van der Waals surface area contributed by atoms with Gasteiger partial charge in [0, 0.05) is 19.1 Å². The van der Waals surface area contributed by atoms with Crippen molar-refractivity contribution >= 4 is 0 Å². The van der Waals surface area contributed by atoms with Crippen LogP contribution in [0.1, 0.15) is 32.6 Å². The molecule has 13 heavy (non-hydrogen) atoms. The van der Waals surface area contributed by atoms with Gasteiger partial charge in [0.2, 0.25) is 0 Å². The van der Waals surface area contributed by atoms with Crippen molar-refractivity contribution in [3.63, 3.8) is 0 Å². The molecule has 0 unspecified atom stereocenters. The first-order chi connectivity index (χ1) is 6.25. The van der Waals surface area contributed by atoms with E-state index in [4.69, 9.17) is 4.74 Å². The molecule has 0 fully saturated rings. The minimum atomic E-state index is 0.423. The maximum atomic E-state index is 5.26. The summed E-state index contributed by atoms with van der Waals surface area (Å²) in [6.07, 6.45) is 2.61. The summed E-state index contributed by atoms with van der Waals surface area (Å²) in [5, 5.41) is 7.92. The zero-order chi connectivity index (χ0) is 9.68. The first kappa shape index (κ1) is 10.2. The van der Waals surface area contributed by atoms with Gasteiger partial charge in [-0.15, -0.1) is 10.2 Å². The Morgan fingerprint density at radius 2 is 2.31 bits per heavy atom. The average Bonchev–Trinajstić information content (AvgIpc) is 2.53. The Morgan fingerprint density at radius 3 is 2.92 bits per heavy atom. The summed E-state index contributed by atoms with van der Waals surface area (Å²) in [4.78, 5) is 0. The van der Waals surface area contributed by atoms with E-state index < -0.39 is 0 Å². The standard InChI is InChI=1S/C9H17N3O/c1-4-13-6-5-9-11-10-7-12(9)8(2)3/h7-8H,4-6H2,1-3H3. The lowest BCUT2D eigenvalue weighted by Gasteiger charge is -2.09. The Bertz CT molecular complexity index is 245. The third kappa shape index (κ3) is 2.81. The second-order valence-electron chi connectivity index (χ2n) is 3.20. The molecule has 0 spiro atoms. The van der Waals surface area contributed by atoms with Crippen LogP contribution in [0.3, 0.4) is 0 Å². The van der Waals surface area contributed by atoms with E-state index in [-0.39, 0.29) is 0 Å². The van der Waals surface area contributed by atoms with Gasteiger partial charge in [-0.2, -0.15) is 0 Å².